The number of halogens is 2. The third kappa shape index (κ3) is 4.58. The molecule has 0 radical (unpaired) electrons. The molecule has 9 heteroatoms. The number of nitrogens with one attached hydrogen (secondary N) is 1. The van der Waals surface area contributed by atoms with E-state index in [0.717, 1.165) is 6.08 Å². The predicted octanol–water partition coefficient (Wildman–Crippen LogP) is 2.77. The van der Waals surface area contributed by atoms with E-state index < -0.39 is 17.9 Å². The van der Waals surface area contributed by atoms with Crippen molar-refractivity contribution in [3.05, 3.63) is 28.7 Å². The van der Waals surface area contributed by atoms with Crippen molar-refractivity contribution in [1.82, 2.24) is 9.88 Å². The van der Waals surface area contributed by atoms with Gasteiger partial charge in [0.15, 0.2) is 0 Å². The maximum Gasteiger partial charge on any atom is 0.407 e. The molecule has 1 saturated heterocycles. The molecule has 2 rings (SSSR count). The topological polar surface area (TPSA) is 91.8 Å². The van der Waals surface area contributed by atoms with Crippen LogP contribution in [0.5, 0.6) is 0 Å². The Bertz CT molecular complexity index is 668. The van der Waals surface area contributed by atoms with Crippen LogP contribution >= 0.6 is 11.6 Å². The number of carbonyl (C=O) groups is 2. The first-order valence-electron chi connectivity index (χ1n) is 7.35. The summed E-state index contributed by atoms with van der Waals surface area (Å²) in [5.74, 6) is -1.71. The Morgan fingerprint density at radius 2 is 2.38 bits per heavy atom. The summed E-state index contributed by atoms with van der Waals surface area (Å²) < 4.78 is 18.1. The van der Waals surface area contributed by atoms with E-state index in [1.807, 2.05) is 0 Å². The van der Waals surface area contributed by atoms with Gasteiger partial charge in [-0.25, -0.2) is 14.6 Å². The number of anilines is 1. The molecular weight excluding hydrogens is 341 g/mol. The van der Waals surface area contributed by atoms with Gasteiger partial charge in [0.2, 0.25) is 5.83 Å². The van der Waals surface area contributed by atoms with Crippen LogP contribution in [0, 0.1) is 0 Å². The number of carboxylic acid groups (broad SMARTS) is 1. The van der Waals surface area contributed by atoms with E-state index in [2.05, 4.69) is 15.0 Å². The van der Waals surface area contributed by atoms with Crippen molar-refractivity contribution in [2.45, 2.75) is 19.4 Å². The maximum absolute atomic E-state index is 13.6. The van der Waals surface area contributed by atoms with Gasteiger partial charge in [-0.3, -0.25) is 0 Å². The monoisotopic (exact) mass is 357 g/mol. The molecule has 0 bridgehead atoms. The highest BCUT2D eigenvalue weighted by molar-refractivity contribution is 6.33. The van der Waals surface area contributed by atoms with Crippen LogP contribution in [0.4, 0.5) is 15.0 Å². The van der Waals surface area contributed by atoms with Gasteiger partial charge in [-0.2, -0.15) is 4.39 Å². The zero-order valence-electron chi connectivity index (χ0n) is 13.0. The molecule has 1 aromatic rings. The fourth-order valence-corrected chi connectivity index (χ4v) is 2.52. The SMILES string of the molecule is CCOC(=O)/C(F)=C/c1cnc(N[C@@H]2CCN(C(=O)O)C2)c(Cl)c1. The van der Waals surface area contributed by atoms with Crippen LogP contribution in [-0.2, 0) is 9.53 Å². The van der Waals surface area contributed by atoms with E-state index >= 15 is 0 Å². The van der Waals surface area contributed by atoms with E-state index in [0.29, 0.717) is 30.9 Å². The van der Waals surface area contributed by atoms with Gasteiger partial charge in [0.1, 0.15) is 5.82 Å². The van der Waals surface area contributed by atoms with Crippen LogP contribution in [0.15, 0.2) is 18.1 Å². The first-order chi connectivity index (χ1) is 11.4. The van der Waals surface area contributed by atoms with Crippen molar-refractivity contribution in [2.24, 2.45) is 0 Å². The number of ether oxygens (including phenoxy) is 1. The van der Waals surface area contributed by atoms with Crippen molar-refractivity contribution < 1.29 is 23.8 Å². The maximum atomic E-state index is 13.6. The lowest BCUT2D eigenvalue weighted by molar-refractivity contribution is -0.140. The van der Waals surface area contributed by atoms with Gasteiger partial charge in [-0.05, 0) is 31.1 Å². The van der Waals surface area contributed by atoms with Gasteiger partial charge in [0.25, 0.3) is 0 Å². The number of esters is 1. The molecule has 1 aliphatic heterocycles. The number of nitrogens with zero attached hydrogens (tertiary/aromatic N) is 2. The Kier molecular flexibility index (Phi) is 5.97. The zero-order valence-corrected chi connectivity index (χ0v) is 13.7. The average Bonchev–Trinajstić information content (AvgIpc) is 2.99. The highest BCUT2D eigenvalue weighted by atomic mass is 35.5. The minimum absolute atomic E-state index is 0.0801. The minimum Gasteiger partial charge on any atom is -0.465 e. The number of likely N-dealkylation sites (tertiary alicyclic amines) is 1. The highest BCUT2D eigenvalue weighted by Crippen LogP contribution is 2.24. The normalized spacial score (nSPS) is 17.7. The molecule has 0 spiro atoms. The highest BCUT2D eigenvalue weighted by Gasteiger charge is 2.26. The predicted molar refractivity (Wildman–Crippen MR) is 86.6 cm³/mol. The van der Waals surface area contributed by atoms with Gasteiger partial charge in [0, 0.05) is 25.3 Å². The largest absolute Gasteiger partial charge is 0.465 e. The van der Waals surface area contributed by atoms with Gasteiger partial charge >= 0.3 is 12.1 Å². The first kappa shape index (κ1) is 18.0. The standard InChI is InChI=1S/C15H17ClFN3O4/c1-2-24-14(21)12(17)6-9-5-11(16)13(18-7-9)19-10-3-4-20(8-10)15(22)23/h5-7,10H,2-4,8H2,1H3,(H,18,19)(H,22,23)/b12-6-/t10-/m1/s1. The molecule has 1 fully saturated rings. The molecule has 7 nitrogen and oxygen atoms in total. The van der Waals surface area contributed by atoms with Crippen molar-refractivity contribution >= 4 is 35.6 Å². The lowest BCUT2D eigenvalue weighted by Crippen LogP contribution is -2.30. The van der Waals surface area contributed by atoms with Crippen molar-refractivity contribution in [1.29, 1.82) is 0 Å². The van der Waals surface area contributed by atoms with Crippen LogP contribution < -0.4 is 5.32 Å². The summed E-state index contributed by atoms with van der Waals surface area (Å²) in [6.07, 6.45) is 2.02. The summed E-state index contributed by atoms with van der Waals surface area (Å²) in [5.41, 5.74) is 0.315. The smallest absolute Gasteiger partial charge is 0.407 e. The fourth-order valence-electron chi connectivity index (χ4n) is 2.29. The molecule has 0 aliphatic carbocycles. The molecular formula is C15H17ClFN3O4. The molecule has 0 saturated carbocycles. The Labute approximate surface area is 143 Å². The van der Waals surface area contributed by atoms with Crippen molar-refractivity contribution in [3.63, 3.8) is 0 Å². The number of aromatic nitrogens is 1. The molecule has 1 aromatic heterocycles. The quantitative estimate of drug-likeness (QED) is 0.622. The summed E-state index contributed by atoms with van der Waals surface area (Å²) >= 11 is 6.11. The van der Waals surface area contributed by atoms with E-state index in [4.69, 9.17) is 16.7 Å². The second-order valence-electron chi connectivity index (χ2n) is 5.17. The van der Waals surface area contributed by atoms with E-state index in [9.17, 15) is 14.0 Å². The number of carbonyl (C=O) groups excluding carboxylic acids is 1. The molecule has 1 amide bonds. The van der Waals surface area contributed by atoms with Gasteiger partial charge in [-0.15, -0.1) is 0 Å². The number of amides is 1. The van der Waals surface area contributed by atoms with E-state index in [-0.39, 0.29) is 17.7 Å². The third-order valence-electron chi connectivity index (χ3n) is 3.43. The minimum atomic E-state index is -1.05. The Hall–Kier alpha value is -2.35. The van der Waals surface area contributed by atoms with E-state index in [1.54, 1.807) is 6.92 Å². The van der Waals surface area contributed by atoms with Gasteiger partial charge in [0.05, 0.1) is 11.6 Å². The molecule has 2 heterocycles. The summed E-state index contributed by atoms with van der Waals surface area (Å²) in [5, 5.41) is 12.2. The zero-order chi connectivity index (χ0) is 17.7. The number of rotatable bonds is 5. The lowest BCUT2D eigenvalue weighted by atomic mass is 10.2. The molecule has 1 aliphatic rings. The summed E-state index contributed by atoms with van der Waals surface area (Å²) in [6, 6.07) is 1.36. The molecule has 1 atom stereocenters. The Morgan fingerprint density at radius 1 is 1.62 bits per heavy atom. The second-order valence-corrected chi connectivity index (χ2v) is 5.58. The molecule has 0 unspecified atom stereocenters. The molecule has 0 aromatic carbocycles. The molecule has 2 N–H and O–H groups in total. The van der Waals surface area contributed by atoms with Crippen molar-refractivity contribution in [2.75, 3.05) is 25.0 Å². The van der Waals surface area contributed by atoms with Gasteiger partial charge in [-0.1, -0.05) is 11.6 Å². The summed E-state index contributed by atoms with van der Waals surface area (Å²) in [6.45, 7) is 2.44. The first-order valence-corrected chi connectivity index (χ1v) is 7.72. The van der Waals surface area contributed by atoms with Crippen LogP contribution in [0.2, 0.25) is 5.02 Å². The summed E-state index contributed by atoms with van der Waals surface area (Å²) in [4.78, 5) is 27.5. The number of pyridine rings is 1. The molecule has 24 heavy (non-hydrogen) atoms. The van der Waals surface area contributed by atoms with Gasteiger partial charge < -0.3 is 20.1 Å². The average molecular weight is 358 g/mol. The Morgan fingerprint density at radius 3 is 2.96 bits per heavy atom. The Balaban J connectivity index is 2.04. The van der Waals surface area contributed by atoms with E-state index in [1.165, 1.54) is 17.2 Å². The number of hydrogen-bond acceptors (Lipinski definition) is 5. The van der Waals surface area contributed by atoms with Crippen molar-refractivity contribution in [3.8, 4) is 0 Å². The lowest BCUT2D eigenvalue weighted by Gasteiger charge is -2.15. The second kappa shape index (κ2) is 7.96. The van der Waals surface area contributed by atoms with Crippen LogP contribution in [0.1, 0.15) is 18.9 Å². The third-order valence-corrected chi connectivity index (χ3v) is 3.71. The number of hydrogen-bond donors (Lipinski definition) is 2. The van der Waals surface area contributed by atoms with Crippen LogP contribution in [-0.4, -0.2) is 52.8 Å². The fraction of sp³-hybridized carbons (Fsp3) is 0.400. The molecule has 130 valence electrons. The summed E-state index contributed by atoms with van der Waals surface area (Å²) in [7, 11) is 0. The van der Waals surface area contributed by atoms with Crippen LogP contribution in [0.25, 0.3) is 6.08 Å². The van der Waals surface area contributed by atoms with Crippen LogP contribution in [0.3, 0.4) is 0 Å².